The van der Waals surface area contributed by atoms with Crippen LogP contribution in [0.5, 0.6) is 17.4 Å². The van der Waals surface area contributed by atoms with Gasteiger partial charge in [0.2, 0.25) is 5.88 Å². The summed E-state index contributed by atoms with van der Waals surface area (Å²) in [5, 5.41) is 4.74. The summed E-state index contributed by atoms with van der Waals surface area (Å²) in [6.07, 6.45) is 0. The number of hydrogen-bond donors (Lipinski definition) is 0. The van der Waals surface area contributed by atoms with Crippen LogP contribution in [0.15, 0.2) is 78.9 Å². The van der Waals surface area contributed by atoms with Crippen molar-refractivity contribution >= 4 is 5.91 Å². The van der Waals surface area contributed by atoms with Gasteiger partial charge in [-0.2, -0.15) is 5.10 Å². The van der Waals surface area contributed by atoms with Gasteiger partial charge in [-0.05, 0) is 36.4 Å². The highest BCUT2D eigenvalue weighted by atomic mass is 19.1. The highest BCUT2D eigenvalue weighted by Gasteiger charge is 2.25. The number of ether oxygens (including phenoxy) is 3. The van der Waals surface area contributed by atoms with Crippen LogP contribution < -0.4 is 9.47 Å². The molecule has 0 atom stereocenters. The van der Waals surface area contributed by atoms with Gasteiger partial charge in [0.1, 0.15) is 23.0 Å². The molecule has 1 aromatic heterocycles. The Balaban J connectivity index is 1.76. The number of methoxy groups -OCH3 is 2. The predicted octanol–water partition coefficient (Wildman–Crippen LogP) is 5.32. The van der Waals surface area contributed by atoms with Gasteiger partial charge >= 0.3 is 0 Å². The van der Waals surface area contributed by atoms with E-state index in [-0.39, 0.29) is 12.5 Å². The third-order valence-electron chi connectivity index (χ3n) is 5.68. The minimum absolute atomic E-state index is 0.205. The van der Waals surface area contributed by atoms with E-state index in [0.717, 1.165) is 11.1 Å². The van der Waals surface area contributed by atoms with Crippen molar-refractivity contribution < 1.29 is 23.4 Å². The Morgan fingerprint density at radius 3 is 2.39 bits per heavy atom. The number of hydrogen-bond acceptors (Lipinski definition) is 5. The van der Waals surface area contributed by atoms with Gasteiger partial charge in [0.15, 0.2) is 0 Å². The summed E-state index contributed by atoms with van der Waals surface area (Å²) in [4.78, 5) is 15.1. The molecule has 0 radical (unpaired) electrons. The summed E-state index contributed by atoms with van der Waals surface area (Å²) in [5.41, 5.74) is 2.71. The van der Waals surface area contributed by atoms with Crippen molar-refractivity contribution in [3.05, 3.63) is 95.8 Å². The van der Waals surface area contributed by atoms with Crippen LogP contribution in [0.1, 0.15) is 15.9 Å². The van der Waals surface area contributed by atoms with E-state index in [0.29, 0.717) is 41.8 Å². The van der Waals surface area contributed by atoms with E-state index < -0.39 is 5.82 Å². The van der Waals surface area contributed by atoms with Crippen molar-refractivity contribution in [3.63, 3.8) is 0 Å². The Morgan fingerprint density at radius 2 is 1.69 bits per heavy atom. The molecule has 186 valence electrons. The molecule has 0 aliphatic rings. The van der Waals surface area contributed by atoms with Crippen LogP contribution in [0.2, 0.25) is 0 Å². The molecule has 0 aliphatic heterocycles. The maximum Gasteiger partial charge on any atom is 0.254 e. The molecule has 0 N–H and O–H groups in total. The molecule has 1 amide bonds. The largest absolute Gasteiger partial charge is 0.497 e. The second-order valence-electron chi connectivity index (χ2n) is 8.13. The number of rotatable bonds is 10. The Kier molecular flexibility index (Phi) is 7.97. The molecule has 3 aromatic carbocycles. The van der Waals surface area contributed by atoms with E-state index in [2.05, 4.69) is 0 Å². The van der Waals surface area contributed by atoms with Gasteiger partial charge in [-0.25, -0.2) is 9.07 Å². The molecule has 7 nitrogen and oxygen atoms in total. The smallest absolute Gasteiger partial charge is 0.254 e. The van der Waals surface area contributed by atoms with Gasteiger partial charge in [-0.3, -0.25) is 4.79 Å². The number of aryl methyl sites for hydroxylation is 1. The number of aromatic nitrogens is 2. The Morgan fingerprint density at radius 1 is 0.972 bits per heavy atom. The normalized spacial score (nSPS) is 10.8. The standard InChI is InChI=1S/C28H28FN3O4/c1-31-28(36-24-11-7-10-23(18-24)35-3)25(26(30-31)20-8-5-4-6-9-20)19-32(16-17-34-2)27(33)21-12-14-22(29)15-13-21/h4-15,18H,16-17,19H2,1-3H3. The number of carbonyl (C=O) groups is 1. The molecule has 1 heterocycles. The molecule has 0 spiro atoms. The average molecular weight is 490 g/mol. The second-order valence-corrected chi connectivity index (χ2v) is 8.13. The van der Waals surface area contributed by atoms with Crippen molar-refractivity contribution in [3.8, 4) is 28.6 Å². The molecule has 36 heavy (non-hydrogen) atoms. The first-order chi connectivity index (χ1) is 17.5. The lowest BCUT2D eigenvalue weighted by Crippen LogP contribution is -2.33. The Bertz CT molecular complexity index is 1310. The van der Waals surface area contributed by atoms with Crippen LogP contribution in [0.3, 0.4) is 0 Å². The first-order valence-electron chi connectivity index (χ1n) is 11.5. The summed E-state index contributed by atoms with van der Waals surface area (Å²) >= 11 is 0. The van der Waals surface area contributed by atoms with Crippen LogP contribution in [-0.2, 0) is 18.3 Å². The second kappa shape index (κ2) is 11.5. The zero-order chi connectivity index (χ0) is 25.5. The number of nitrogens with zero attached hydrogens (tertiary/aromatic N) is 3. The fourth-order valence-corrected chi connectivity index (χ4v) is 3.85. The van der Waals surface area contributed by atoms with Crippen LogP contribution in [0.4, 0.5) is 4.39 Å². The monoisotopic (exact) mass is 489 g/mol. The third kappa shape index (κ3) is 5.72. The Labute approximate surface area is 209 Å². The van der Waals surface area contributed by atoms with Crippen LogP contribution >= 0.6 is 0 Å². The van der Waals surface area contributed by atoms with Gasteiger partial charge in [0, 0.05) is 37.9 Å². The Hall–Kier alpha value is -4.17. The predicted molar refractivity (Wildman–Crippen MR) is 135 cm³/mol. The molecule has 4 rings (SSSR count). The van der Waals surface area contributed by atoms with Gasteiger partial charge in [0.05, 0.1) is 25.8 Å². The molecule has 0 aliphatic carbocycles. The maximum absolute atomic E-state index is 13.5. The van der Waals surface area contributed by atoms with Crippen molar-refractivity contribution in [2.45, 2.75) is 6.54 Å². The van der Waals surface area contributed by atoms with E-state index in [4.69, 9.17) is 19.3 Å². The molecule has 0 saturated carbocycles. The number of amides is 1. The fourth-order valence-electron chi connectivity index (χ4n) is 3.85. The van der Waals surface area contributed by atoms with Crippen LogP contribution in [0.25, 0.3) is 11.3 Å². The lowest BCUT2D eigenvalue weighted by Gasteiger charge is -2.23. The maximum atomic E-state index is 13.5. The number of benzene rings is 3. The lowest BCUT2D eigenvalue weighted by atomic mass is 10.1. The van der Waals surface area contributed by atoms with Gasteiger partial charge < -0.3 is 19.1 Å². The minimum atomic E-state index is -0.400. The highest BCUT2D eigenvalue weighted by molar-refractivity contribution is 5.94. The zero-order valence-corrected chi connectivity index (χ0v) is 20.5. The molecule has 0 unspecified atom stereocenters. The summed E-state index contributed by atoms with van der Waals surface area (Å²) in [6, 6.07) is 22.5. The van der Waals surface area contributed by atoms with Gasteiger partial charge in [-0.15, -0.1) is 0 Å². The summed E-state index contributed by atoms with van der Waals surface area (Å²) in [5.74, 6) is 1.08. The SMILES string of the molecule is COCCN(Cc1c(-c2ccccc2)nn(C)c1Oc1cccc(OC)c1)C(=O)c1ccc(F)cc1. The first kappa shape index (κ1) is 24.9. The lowest BCUT2D eigenvalue weighted by molar-refractivity contribution is 0.0679. The van der Waals surface area contributed by atoms with Crippen molar-refractivity contribution in [1.29, 1.82) is 0 Å². The van der Waals surface area contributed by atoms with Crippen LogP contribution in [-0.4, -0.2) is 48.0 Å². The fraction of sp³-hybridized carbons (Fsp3) is 0.214. The van der Waals surface area contributed by atoms with Crippen molar-refractivity contribution in [2.75, 3.05) is 27.4 Å². The average Bonchev–Trinajstić information content (AvgIpc) is 3.21. The summed E-state index contributed by atoms with van der Waals surface area (Å²) in [6.45, 7) is 0.866. The van der Waals surface area contributed by atoms with Crippen molar-refractivity contribution in [2.24, 2.45) is 7.05 Å². The molecule has 0 fully saturated rings. The van der Waals surface area contributed by atoms with E-state index in [1.165, 1.54) is 24.3 Å². The zero-order valence-electron chi connectivity index (χ0n) is 20.5. The summed E-state index contributed by atoms with van der Waals surface area (Å²) in [7, 11) is 4.97. The minimum Gasteiger partial charge on any atom is -0.497 e. The molecular weight excluding hydrogens is 461 g/mol. The van der Waals surface area contributed by atoms with E-state index in [1.807, 2.05) is 48.5 Å². The number of carbonyl (C=O) groups excluding carboxylic acids is 1. The van der Waals surface area contributed by atoms with Crippen molar-refractivity contribution in [1.82, 2.24) is 14.7 Å². The molecule has 8 heteroatoms. The molecule has 0 bridgehead atoms. The van der Waals surface area contributed by atoms with Gasteiger partial charge in [-0.1, -0.05) is 36.4 Å². The molecular formula is C28H28FN3O4. The molecule has 0 saturated heterocycles. The summed E-state index contributed by atoms with van der Waals surface area (Å²) < 4.78 is 32.0. The quantitative estimate of drug-likeness (QED) is 0.302. The molecule has 4 aromatic rings. The van der Waals surface area contributed by atoms with Gasteiger partial charge in [0.25, 0.3) is 5.91 Å². The highest BCUT2D eigenvalue weighted by Crippen LogP contribution is 2.35. The van der Waals surface area contributed by atoms with E-state index >= 15 is 0 Å². The first-order valence-corrected chi connectivity index (χ1v) is 11.5. The van der Waals surface area contributed by atoms with Crippen LogP contribution in [0, 0.1) is 5.82 Å². The third-order valence-corrected chi connectivity index (χ3v) is 5.68. The number of halogens is 1. The topological polar surface area (TPSA) is 65.8 Å². The van der Waals surface area contributed by atoms with E-state index in [9.17, 15) is 9.18 Å². The van der Waals surface area contributed by atoms with E-state index in [1.54, 1.807) is 36.9 Å².